The first-order valence-electron chi connectivity index (χ1n) is 19.8. The molecule has 1 aromatic carbocycles. The Bertz CT molecular complexity index is 1850. The number of rotatable bonds is 22. The molecule has 0 radical (unpaired) electrons. The topological polar surface area (TPSA) is 99.7 Å². The summed E-state index contributed by atoms with van der Waals surface area (Å²) in [6, 6.07) is 10.7. The van der Waals surface area contributed by atoms with Gasteiger partial charge in [0.05, 0.1) is 36.8 Å². The molecule has 56 heavy (non-hydrogen) atoms. The lowest BCUT2D eigenvalue weighted by atomic mass is 9.90. The number of carbonyl (C=O) groups is 2. The third-order valence-corrected chi connectivity index (χ3v) is 9.54. The fourth-order valence-electron chi connectivity index (χ4n) is 6.19. The summed E-state index contributed by atoms with van der Waals surface area (Å²) in [5, 5.41) is 4.09. The van der Waals surface area contributed by atoms with Gasteiger partial charge in [0.15, 0.2) is 5.78 Å². The van der Waals surface area contributed by atoms with Crippen LogP contribution in [0.3, 0.4) is 0 Å². The van der Waals surface area contributed by atoms with E-state index in [0.29, 0.717) is 45.6 Å². The van der Waals surface area contributed by atoms with Gasteiger partial charge in [-0.25, -0.2) is 4.58 Å². The van der Waals surface area contributed by atoms with Gasteiger partial charge in [-0.15, -0.1) is 0 Å². The number of benzene rings is 2. The lowest BCUT2D eigenvalue weighted by Gasteiger charge is -2.30. The molecule has 3 rings (SSSR count). The second kappa shape index (κ2) is 21.6. The first-order valence-corrected chi connectivity index (χ1v) is 19.8. The fraction of sp³-hybridized carbons (Fsp3) is 0.533. The summed E-state index contributed by atoms with van der Waals surface area (Å²) in [5.41, 5.74) is 5.54. The molecule has 1 N–H and O–H groups in total. The number of hydrogen-bond acceptors (Lipinski definition) is 9. The number of anilines is 2. The zero-order valence-corrected chi connectivity index (χ0v) is 36.4. The van der Waals surface area contributed by atoms with Gasteiger partial charge in [0.25, 0.3) is 0 Å². The van der Waals surface area contributed by atoms with Crippen molar-refractivity contribution < 1.29 is 28.2 Å². The largest absolute Gasteiger partial charge is 0.496 e. The highest BCUT2D eigenvalue weighted by atomic mass is 16.5. The average Bonchev–Trinajstić information content (AvgIpc) is 3.15. The predicted octanol–water partition coefficient (Wildman–Crippen LogP) is 7.02. The number of methoxy groups -OCH3 is 1. The number of amides is 1. The fourth-order valence-corrected chi connectivity index (χ4v) is 6.19. The first-order chi connectivity index (χ1) is 26.5. The maximum absolute atomic E-state index is 12.8. The maximum Gasteiger partial charge on any atom is 0.220 e. The van der Waals surface area contributed by atoms with Crippen molar-refractivity contribution in [3.63, 3.8) is 0 Å². The highest BCUT2D eigenvalue weighted by molar-refractivity contribution is 5.95. The van der Waals surface area contributed by atoms with Crippen LogP contribution in [0.4, 0.5) is 11.4 Å². The molecule has 1 aliphatic carbocycles. The minimum absolute atomic E-state index is 0.00826. The van der Waals surface area contributed by atoms with E-state index in [4.69, 9.17) is 18.6 Å². The van der Waals surface area contributed by atoms with Crippen LogP contribution in [0.15, 0.2) is 47.0 Å². The van der Waals surface area contributed by atoms with E-state index in [-0.39, 0.29) is 11.7 Å². The zero-order valence-electron chi connectivity index (χ0n) is 36.4. The molecule has 0 fully saturated rings. The number of carbonyl (C=O) groups excluding carboxylic acids is 2. The minimum atomic E-state index is -0.523. The normalized spacial score (nSPS) is 12.4. The molecule has 308 valence electrons. The van der Waals surface area contributed by atoms with Crippen molar-refractivity contribution in [2.75, 3.05) is 92.0 Å². The summed E-state index contributed by atoms with van der Waals surface area (Å²) in [7, 11) is 13.9. The maximum atomic E-state index is 12.8. The van der Waals surface area contributed by atoms with Crippen LogP contribution < -0.4 is 29.8 Å². The number of ketones is 1. The summed E-state index contributed by atoms with van der Waals surface area (Å²) in [5.74, 6) is 2.31. The van der Waals surface area contributed by atoms with Crippen molar-refractivity contribution in [1.29, 1.82) is 0 Å². The third-order valence-electron chi connectivity index (χ3n) is 9.54. The van der Waals surface area contributed by atoms with Gasteiger partial charge in [-0.2, -0.15) is 0 Å². The predicted molar refractivity (Wildman–Crippen MR) is 232 cm³/mol. The Labute approximate surface area is 335 Å². The molecule has 0 bridgehead atoms. The molecule has 1 unspecified atom stereocenters. The number of Topliss-reactive ketones (excluding diaryl/α,β-unsaturated/α-hetero) is 1. The van der Waals surface area contributed by atoms with Crippen molar-refractivity contribution in [1.82, 2.24) is 14.8 Å². The van der Waals surface area contributed by atoms with Gasteiger partial charge < -0.3 is 38.6 Å². The Morgan fingerprint density at radius 3 is 2.34 bits per heavy atom. The van der Waals surface area contributed by atoms with Crippen molar-refractivity contribution >= 4 is 35.2 Å². The standard InChI is InChI=1S/C45H67N5O6/c1-14-16-19-35-40(23-26-47(7)8)56-42-28-34(48(9)10)21-22-36(42)44(35)37-29-38(49(11)12)39(30-41(37)53-13)50(15-2)25-17-20-43(52)46-24-18-27-55-45(5,6)31-54-33(4)32(3)51/h16,19,21-23,26,28-30,33H,14-15,17-18,20,24-25,27,31H2,1-13H3/p+1/b19-16-. The summed E-state index contributed by atoms with van der Waals surface area (Å²) >= 11 is 0. The van der Waals surface area contributed by atoms with Crippen LogP contribution in [0.1, 0.15) is 78.5 Å². The number of hydrogen-bond donors (Lipinski definition) is 1. The van der Waals surface area contributed by atoms with Crippen LogP contribution in [-0.4, -0.2) is 111 Å². The summed E-state index contributed by atoms with van der Waals surface area (Å²) < 4.78 is 26.5. The monoisotopic (exact) mass is 775 g/mol. The molecule has 0 saturated heterocycles. The van der Waals surface area contributed by atoms with Gasteiger partial charge in [-0.3, -0.25) is 9.59 Å². The van der Waals surface area contributed by atoms with Crippen LogP contribution in [0, 0.1) is 0 Å². The van der Waals surface area contributed by atoms with E-state index in [9.17, 15) is 9.59 Å². The van der Waals surface area contributed by atoms with Gasteiger partial charge >= 0.3 is 0 Å². The molecular formula is C45H68N5O6+. The number of nitrogens with zero attached hydrogens (tertiary/aromatic N) is 4. The van der Waals surface area contributed by atoms with E-state index < -0.39 is 11.7 Å². The quantitative estimate of drug-likeness (QED) is 0.0854. The van der Waals surface area contributed by atoms with Gasteiger partial charge in [-0.1, -0.05) is 19.1 Å². The van der Waals surface area contributed by atoms with Crippen molar-refractivity contribution in [3.05, 3.63) is 59.3 Å². The van der Waals surface area contributed by atoms with Crippen molar-refractivity contribution in [2.24, 2.45) is 0 Å². The van der Waals surface area contributed by atoms with Gasteiger partial charge in [-0.05, 0) is 72.1 Å². The molecule has 1 amide bonds. The molecule has 0 aromatic heterocycles. The molecule has 1 aromatic rings. The van der Waals surface area contributed by atoms with E-state index in [1.54, 1.807) is 14.0 Å². The molecule has 11 heteroatoms. The van der Waals surface area contributed by atoms with Crippen LogP contribution in [0.25, 0.3) is 34.6 Å². The highest BCUT2D eigenvalue weighted by Crippen LogP contribution is 2.47. The van der Waals surface area contributed by atoms with Gasteiger partial charge in [0.2, 0.25) is 11.3 Å². The summed E-state index contributed by atoms with van der Waals surface area (Å²) in [4.78, 5) is 30.8. The van der Waals surface area contributed by atoms with Crippen LogP contribution in [0.2, 0.25) is 0 Å². The zero-order chi connectivity index (χ0) is 41.6. The Morgan fingerprint density at radius 1 is 1.00 bits per heavy atom. The highest BCUT2D eigenvalue weighted by Gasteiger charge is 2.26. The van der Waals surface area contributed by atoms with E-state index >= 15 is 0 Å². The van der Waals surface area contributed by atoms with E-state index in [1.807, 2.05) is 59.2 Å². The summed E-state index contributed by atoms with van der Waals surface area (Å²) in [6.07, 6.45) is 10.6. The first kappa shape index (κ1) is 45.8. The molecule has 1 heterocycles. The van der Waals surface area contributed by atoms with E-state index in [2.05, 4.69) is 90.1 Å². The molecule has 11 nitrogen and oxygen atoms in total. The second-order valence-electron chi connectivity index (χ2n) is 15.4. The van der Waals surface area contributed by atoms with Crippen molar-refractivity contribution in [3.8, 4) is 28.2 Å². The Balaban J connectivity index is 1.89. The lowest BCUT2D eigenvalue weighted by molar-refractivity contribution is -0.135. The molecule has 0 spiro atoms. The Hall–Kier alpha value is -4.61. The smallest absolute Gasteiger partial charge is 0.220 e. The third kappa shape index (κ3) is 13.0. The molecule has 1 aliphatic heterocycles. The SMILES string of the molecule is CC/C=C\c1c(/C=C/N(C)C)oc2cc(=[N+](C)C)ccc-2c1-c1cc(N(C)C)c(N(CC)CCCC(=O)NCCCOC(C)(C)COC(C)C(C)=O)cc1OC. The van der Waals surface area contributed by atoms with Crippen molar-refractivity contribution in [2.45, 2.75) is 78.9 Å². The average molecular weight is 775 g/mol. The van der Waals surface area contributed by atoms with Crippen LogP contribution in [-0.2, 0) is 19.1 Å². The number of ether oxygens (including phenoxy) is 3. The molecule has 0 saturated carbocycles. The molecule has 2 aliphatic rings. The van der Waals surface area contributed by atoms with Gasteiger partial charge in [0.1, 0.15) is 37.5 Å². The van der Waals surface area contributed by atoms with Crippen LogP contribution >= 0.6 is 0 Å². The number of fused-ring (bicyclic) bond motifs is 1. The minimum Gasteiger partial charge on any atom is -0.496 e. The van der Waals surface area contributed by atoms with E-state index in [0.717, 1.165) is 69.2 Å². The number of nitrogens with one attached hydrogen (secondary N) is 1. The Kier molecular flexibility index (Phi) is 17.7. The van der Waals surface area contributed by atoms with Crippen LogP contribution in [0.5, 0.6) is 5.75 Å². The second-order valence-corrected chi connectivity index (χ2v) is 15.4. The van der Waals surface area contributed by atoms with E-state index in [1.165, 1.54) is 6.92 Å². The van der Waals surface area contributed by atoms with Gasteiger partial charge in [0, 0.05) is 101 Å². The summed E-state index contributed by atoms with van der Waals surface area (Å²) in [6.45, 7) is 14.2. The lowest BCUT2D eigenvalue weighted by Crippen LogP contribution is -2.35. The molecule has 1 atom stereocenters. The molecular weight excluding hydrogens is 707 g/mol. The Morgan fingerprint density at radius 2 is 1.73 bits per heavy atom. The number of allylic oxidation sites excluding steroid dienone is 1.